The van der Waals surface area contributed by atoms with Crippen LogP contribution in [0.25, 0.3) is 11.4 Å². The molecule has 0 bridgehead atoms. The van der Waals surface area contributed by atoms with E-state index in [-0.39, 0.29) is 29.2 Å². The predicted molar refractivity (Wildman–Crippen MR) is 104 cm³/mol. The molecule has 146 valence electrons. The van der Waals surface area contributed by atoms with Crippen molar-refractivity contribution in [1.82, 2.24) is 15.0 Å². The average molecular weight is 410 g/mol. The minimum absolute atomic E-state index is 0.0570. The van der Waals surface area contributed by atoms with Crippen molar-refractivity contribution in [2.75, 3.05) is 23.8 Å². The second-order valence-electron chi connectivity index (χ2n) is 6.69. The second kappa shape index (κ2) is 8.43. The quantitative estimate of drug-likeness (QED) is 0.649. The van der Waals surface area contributed by atoms with E-state index in [1.807, 2.05) is 38.1 Å². The van der Waals surface area contributed by atoms with Crippen LogP contribution in [0.15, 0.2) is 34.0 Å². The maximum Gasteiger partial charge on any atom is 0.286 e. The molecule has 3 rings (SSSR count). The Kier molecular flexibility index (Phi) is 6.21. The fraction of sp³-hybridized carbons (Fsp3) is 0.500. The Hall–Kier alpha value is -1.87. The Morgan fingerprint density at radius 1 is 1.41 bits per heavy atom. The molecule has 2 heterocycles. The molecule has 1 aromatic carbocycles. The van der Waals surface area contributed by atoms with Gasteiger partial charge < -0.3 is 9.42 Å². The van der Waals surface area contributed by atoms with E-state index in [2.05, 4.69) is 10.1 Å². The minimum atomic E-state index is -3.03. The Bertz CT molecular complexity index is 911. The Morgan fingerprint density at radius 2 is 2.22 bits per heavy atom. The molecule has 0 aliphatic carbocycles. The Balaban J connectivity index is 1.62. The average Bonchev–Trinajstić information content (AvgIpc) is 3.24. The predicted octanol–water partition coefficient (Wildman–Crippen LogP) is 2.56. The number of rotatable bonds is 7. The van der Waals surface area contributed by atoms with Gasteiger partial charge in [-0.15, -0.1) is 0 Å². The number of hydrogen-bond donors (Lipinski definition) is 0. The van der Waals surface area contributed by atoms with Crippen molar-refractivity contribution in [3.8, 4) is 11.4 Å². The number of nitrogens with zero attached hydrogens (tertiary/aromatic N) is 3. The molecule has 1 fully saturated rings. The summed E-state index contributed by atoms with van der Waals surface area (Å²) in [5.74, 6) is 0.746. The lowest BCUT2D eigenvalue weighted by atomic mass is 10.1. The molecule has 0 N–H and O–H groups in total. The summed E-state index contributed by atoms with van der Waals surface area (Å²) in [6.07, 6.45) is 1.29. The summed E-state index contributed by atoms with van der Waals surface area (Å²) in [5.41, 5.74) is 1.96. The van der Waals surface area contributed by atoms with Crippen molar-refractivity contribution in [1.29, 1.82) is 0 Å². The van der Waals surface area contributed by atoms with Gasteiger partial charge in [0.25, 0.3) is 5.22 Å². The highest BCUT2D eigenvalue weighted by molar-refractivity contribution is 7.99. The molecule has 1 aliphatic rings. The number of sulfone groups is 1. The van der Waals surface area contributed by atoms with E-state index in [9.17, 15) is 13.2 Å². The van der Waals surface area contributed by atoms with E-state index >= 15 is 0 Å². The van der Waals surface area contributed by atoms with Crippen LogP contribution < -0.4 is 0 Å². The standard InChI is InChI=1S/C18H23N3O4S2/c1-3-8-21(15-7-9-27(23,24)12-15)16(22)11-26-18-19-17(20-25-18)14-6-4-5-13(2)10-14/h4-6,10,15H,3,7-9,11-12H2,1-2H3/t15-/m1/s1. The van der Waals surface area contributed by atoms with Crippen molar-refractivity contribution in [3.05, 3.63) is 29.8 Å². The number of aromatic nitrogens is 2. The molecular formula is C18H23N3O4S2. The fourth-order valence-corrected chi connectivity index (χ4v) is 5.53. The third kappa shape index (κ3) is 5.10. The maximum atomic E-state index is 12.6. The van der Waals surface area contributed by atoms with Crippen LogP contribution in [0.1, 0.15) is 25.3 Å². The van der Waals surface area contributed by atoms with Crippen LogP contribution in [0.4, 0.5) is 0 Å². The minimum Gasteiger partial charge on any atom is -0.338 e. The zero-order valence-corrected chi connectivity index (χ0v) is 17.1. The van der Waals surface area contributed by atoms with E-state index < -0.39 is 9.84 Å². The van der Waals surface area contributed by atoms with Gasteiger partial charge in [-0.1, -0.05) is 47.6 Å². The van der Waals surface area contributed by atoms with Gasteiger partial charge in [-0.2, -0.15) is 4.98 Å². The molecule has 1 amide bonds. The van der Waals surface area contributed by atoms with Gasteiger partial charge in [0.15, 0.2) is 9.84 Å². The highest BCUT2D eigenvalue weighted by atomic mass is 32.2. The zero-order valence-electron chi connectivity index (χ0n) is 15.4. The number of carbonyl (C=O) groups is 1. The first-order chi connectivity index (χ1) is 12.9. The molecule has 0 radical (unpaired) electrons. The highest BCUT2D eigenvalue weighted by Gasteiger charge is 2.34. The van der Waals surface area contributed by atoms with Crippen LogP contribution in [0.5, 0.6) is 0 Å². The molecule has 7 nitrogen and oxygen atoms in total. The number of hydrogen-bond acceptors (Lipinski definition) is 7. The lowest BCUT2D eigenvalue weighted by Crippen LogP contribution is -2.42. The summed E-state index contributed by atoms with van der Waals surface area (Å²) in [5, 5.41) is 4.30. The Labute approximate surface area is 163 Å². The van der Waals surface area contributed by atoms with E-state index in [0.717, 1.165) is 17.5 Å². The third-order valence-corrected chi connectivity index (χ3v) is 6.99. The van der Waals surface area contributed by atoms with Gasteiger partial charge >= 0.3 is 0 Å². The fourth-order valence-electron chi connectivity index (χ4n) is 3.15. The van der Waals surface area contributed by atoms with Crippen LogP contribution in [-0.2, 0) is 14.6 Å². The van der Waals surface area contributed by atoms with E-state index in [1.54, 1.807) is 4.90 Å². The second-order valence-corrected chi connectivity index (χ2v) is 9.84. The Morgan fingerprint density at radius 3 is 2.89 bits per heavy atom. The number of aryl methyl sites for hydroxylation is 1. The van der Waals surface area contributed by atoms with Crippen molar-refractivity contribution in [2.45, 2.75) is 38.0 Å². The molecule has 0 spiro atoms. The number of carbonyl (C=O) groups excluding carboxylic acids is 1. The highest BCUT2D eigenvalue weighted by Crippen LogP contribution is 2.24. The van der Waals surface area contributed by atoms with Crippen LogP contribution in [0, 0.1) is 6.92 Å². The van der Waals surface area contributed by atoms with Crippen LogP contribution in [-0.4, -0.2) is 59.2 Å². The zero-order chi connectivity index (χ0) is 19.4. The van der Waals surface area contributed by atoms with Gasteiger partial charge in [-0.25, -0.2) is 8.42 Å². The van der Waals surface area contributed by atoms with Gasteiger partial charge in [0, 0.05) is 18.2 Å². The van der Waals surface area contributed by atoms with E-state index in [0.29, 0.717) is 24.0 Å². The van der Waals surface area contributed by atoms with Crippen molar-refractivity contribution in [3.63, 3.8) is 0 Å². The first kappa shape index (κ1) is 19.9. The largest absolute Gasteiger partial charge is 0.338 e. The van der Waals surface area contributed by atoms with Gasteiger partial charge in [-0.05, 0) is 25.8 Å². The van der Waals surface area contributed by atoms with Gasteiger partial charge in [-0.3, -0.25) is 4.79 Å². The summed E-state index contributed by atoms with van der Waals surface area (Å²) in [6, 6.07) is 7.56. The van der Waals surface area contributed by atoms with Crippen molar-refractivity contribution in [2.24, 2.45) is 0 Å². The number of thioether (sulfide) groups is 1. The molecule has 1 aromatic heterocycles. The lowest BCUT2D eigenvalue weighted by molar-refractivity contribution is -0.130. The normalized spacial score (nSPS) is 18.5. The molecule has 0 saturated carbocycles. The molecule has 0 unspecified atom stereocenters. The third-order valence-electron chi connectivity index (χ3n) is 4.44. The summed E-state index contributed by atoms with van der Waals surface area (Å²) < 4.78 is 28.7. The molecular weight excluding hydrogens is 386 g/mol. The number of benzene rings is 1. The monoisotopic (exact) mass is 409 g/mol. The smallest absolute Gasteiger partial charge is 0.286 e. The summed E-state index contributed by atoms with van der Waals surface area (Å²) in [6.45, 7) is 4.52. The SMILES string of the molecule is CCCN(C(=O)CSc1nc(-c2cccc(C)c2)no1)[C@@H]1CCS(=O)(=O)C1. The molecule has 27 heavy (non-hydrogen) atoms. The van der Waals surface area contributed by atoms with Crippen LogP contribution in [0.3, 0.4) is 0 Å². The van der Waals surface area contributed by atoms with E-state index in [4.69, 9.17) is 4.52 Å². The molecule has 1 atom stereocenters. The topological polar surface area (TPSA) is 93.4 Å². The summed E-state index contributed by atoms with van der Waals surface area (Å²) in [4.78, 5) is 18.7. The van der Waals surface area contributed by atoms with Gasteiger partial charge in [0.2, 0.25) is 11.7 Å². The first-order valence-corrected chi connectivity index (χ1v) is 11.7. The molecule has 9 heteroatoms. The molecule has 1 saturated heterocycles. The summed E-state index contributed by atoms with van der Waals surface area (Å²) >= 11 is 1.18. The number of amides is 1. The lowest BCUT2D eigenvalue weighted by Gasteiger charge is -2.27. The molecule has 2 aromatic rings. The maximum absolute atomic E-state index is 12.6. The van der Waals surface area contributed by atoms with E-state index in [1.165, 1.54) is 11.8 Å². The molecule has 1 aliphatic heterocycles. The summed E-state index contributed by atoms with van der Waals surface area (Å²) in [7, 11) is -3.03. The van der Waals surface area contributed by atoms with Crippen molar-refractivity contribution < 1.29 is 17.7 Å². The van der Waals surface area contributed by atoms with Gasteiger partial charge in [0.05, 0.1) is 17.3 Å². The first-order valence-electron chi connectivity index (χ1n) is 8.91. The van der Waals surface area contributed by atoms with Crippen molar-refractivity contribution >= 4 is 27.5 Å². The van der Waals surface area contributed by atoms with Crippen LogP contribution >= 0.6 is 11.8 Å². The van der Waals surface area contributed by atoms with Gasteiger partial charge in [0.1, 0.15) is 0 Å². The van der Waals surface area contributed by atoms with Crippen LogP contribution in [0.2, 0.25) is 0 Å².